The lowest BCUT2D eigenvalue weighted by Crippen LogP contribution is -2.24. The summed E-state index contributed by atoms with van der Waals surface area (Å²) in [5.74, 6) is -0.763. The zero-order chi connectivity index (χ0) is 20.8. The number of amides is 1. The highest BCUT2D eigenvalue weighted by atomic mass is 32.2. The first-order valence-electron chi connectivity index (χ1n) is 8.38. The average Bonchev–Trinajstić information content (AvgIpc) is 2.61. The fourth-order valence-electron chi connectivity index (χ4n) is 2.27. The second-order valence-corrected chi connectivity index (χ2v) is 8.65. The number of thioether (sulfide) groups is 1. The van der Waals surface area contributed by atoms with Gasteiger partial charge in [-0.15, -0.1) is 0 Å². The van der Waals surface area contributed by atoms with Gasteiger partial charge >= 0.3 is 5.51 Å². The van der Waals surface area contributed by atoms with Crippen LogP contribution in [0.1, 0.15) is 30.1 Å². The first-order chi connectivity index (χ1) is 13.1. The van der Waals surface area contributed by atoms with Crippen LogP contribution in [-0.4, -0.2) is 26.4 Å². The molecule has 5 nitrogen and oxygen atoms in total. The Morgan fingerprint density at radius 3 is 2.50 bits per heavy atom. The van der Waals surface area contributed by atoms with E-state index >= 15 is 0 Å². The van der Waals surface area contributed by atoms with Gasteiger partial charge in [0.15, 0.2) is 0 Å². The number of carbonyl (C=O) groups is 1. The van der Waals surface area contributed by atoms with Crippen molar-refractivity contribution in [3.8, 4) is 0 Å². The summed E-state index contributed by atoms with van der Waals surface area (Å²) in [6.07, 6.45) is 1.51. The lowest BCUT2D eigenvalue weighted by atomic mass is 10.2. The molecule has 0 fully saturated rings. The Bertz CT molecular complexity index is 932. The molecule has 0 atom stereocenters. The van der Waals surface area contributed by atoms with E-state index in [-0.39, 0.29) is 39.3 Å². The van der Waals surface area contributed by atoms with E-state index in [0.717, 1.165) is 6.42 Å². The van der Waals surface area contributed by atoms with Crippen LogP contribution >= 0.6 is 11.8 Å². The molecule has 0 saturated carbocycles. The first kappa shape index (κ1) is 22.3. The topological polar surface area (TPSA) is 75.3 Å². The highest BCUT2D eigenvalue weighted by Crippen LogP contribution is 2.38. The fourth-order valence-corrected chi connectivity index (χ4v) is 4.06. The summed E-state index contributed by atoms with van der Waals surface area (Å²) in [5.41, 5.74) is -4.52. The molecule has 152 valence electrons. The van der Waals surface area contributed by atoms with E-state index in [1.54, 1.807) is 0 Å². The molecular weight excluding hydrogens is 413 g/mol. The van der Waals surface area contributed by atoms with E-state index in [9.17, 15) is 26.4 Å². The second kappa shape index (κ2) is 9.44. The van der Waals surface area contributed by atoms with Crippen molar-refractivity contribution in [3.63, 3.8) is 0 Å². The SMILES string of the molecule is CCCCNS(=O)(=O)c1cccc(NC(=O)c2ccccc2SC(F)(F)F)c1. The molecule has 0 bridgehead atoms. The largest absolute Gasteiger partial charge is 0.446 e. The Balaban J connectivity index is 2.20. The number of halogens is 3. The molecule has 2 N–H and O–H groups in total. The van der Waals surface area contributed by atoms with Crippen molar-refractivity contribution in [2.45, 2.75) is 35.1 Å². The lowest BCUT2D eigenvalue weighted by molar-refractivity contribution is -0.0328. The Hall–Kier alpha value is -2.04. The van der Waals surface area contributed by atoms with Gasteiger partial charge in [-0.25, -0.2) is 13.1 Å². The molecule has 2 rings (SSSR count). The third-order valence-electron chi connectivity index (χ3n) is 3.58. The molecule has 0 aliphatic carbocycles. The number of carbonyl (C=O) groups excluding carboxylic acids is 1. The quantitative estimate of drug-likeness (QED) is 0.471. The van der Waals surface area contributed by atoms with Gasteiger partial charge in [-0.05, 0) is 48.5 Å². The Morgan fingerprint density at radius 1 is 1.11 bits per heavy atom. The summed E-state index contributed by atoms with van der Waals surface area (Å²) in [6, 6.07) is 10.9. The lowest BCUT2D eigenvalue weighted by Gasteiger charge is -2.12. The number of alkyl halides is 3. The smallest absolute Gasteiger partial charge is 0.322 e. The monoisotopic (exact) mass is 432 g/mol. The van der Waals surface area contributed by atoms with Gasteiger partial charge in [0.05, 0.1) is 10.5 Å². The van der Waals surface area contributed by atoms with Crippen LogP contribution < -0.4 is 10.0 Å². The highest BCUT2D eigenvalue weighted by Gasteiger charge is 2.31. The predicted octanol–water partition coefficient (Wildman–Crippen LogP) is 4.63. The standard InChI is InChI=1S/C18H19F3N2O3S2/c1-2-3-11-22-28(25,26)14-8-6-7-13(12-14)23-17(24)15-9-4-5-10-16(15)27-18(19,20)21/h4-10,12,22H,2-3,11H2,1H3,(H,23,24). The van der Waals surface area contributed by atoms with Crippen molar-refractivity contribution in [1.82, 2.24) is 4.72 Å². The minimum absolute atomic E-state index is 0.0423. The molecule has 2 aromatic rings. The zero-order valence-corrected chi connectivity index (χ0v) is 16.5. The summed E-state index contributed by atoms with van der Waals surface area (Å²) in [5, 5.41) is 2.45. The first-order valence-corrected chi connectivity index (χ1v) is 10.7. The van der Waals surface area contributed by atoms with E-state index in [1.807, 2.05) is 6.92 Å². The average molecular weight is 432 g/mol. The maximum absolute atomic E-state index is 12.7. The number of unbranched alkanes of at least 4 members (excludes halogenated alkanes) is 1. The van der Waals surface area contributed by atoms with E-state index < -0.39 is 21.4 Å². The van der Waals surface area contributed by atoms with Crippen molar-refractivity contribution < 1.29 is 26.4 Å². The minimum Gasteiger partial charge on any atom is -0.322 e. The van der Waals surface area contributed by atoms with Crippen LogP contribution in [0.25, 0.3) is 0 Å². The summed E-state index contributed by atoms with van der Waals surface area (Å²) >= 11 is -0.382. The van der Waals surface area contributed by atoms with Gasteiger partial charge in [0.25, 0.3) is 5.91 Å². The third-order valence-corrected chi connectivity index (χ3v) is 5.85. The molecule has 0 aromatic heterocycles. The molecule has 0 aliphatic rings. The summed E-state index contributed by atoms with van der Waals surface area (Å²) in [6.45, 7) is 2.22. The molecule has 1 amide bonds. The van der Waals surface area contributed by atoms with Gasteiger partial charge in [0, 0.05) is 17.1 Å². The molecule has 28 heavy (non-hydrogen) atoms. The van der Waals surface area contributed by atoms with Gasteiger partial charge < -0.3 is 5.32 Å². The van der Waals surface area contributed by atoms with Crippen LogP contribution in [0.15, 0.2) is 58.3 Å². The number of anilines is 1. The molecule has 10 heteroatoms. The number of hydrogen-bond acceptors (Lipinski definition) is 4. The van der Waals surface area contributed by atoms with Gasteiger partial charge in [-0.1, -0.05) is 31.5 Å². The van der Waals surface area contributed by atoms with E-state index in [1.165, 1.54) is 48.5 Å². The van der Waals surface area contributed by atoms with Crippen molar-refractivity contribution >= 4 is 33.4 Å². The van der Waals surface area contributed by atoms with Gasteiger partial charge in [0.2, 0.25) is 10.0 Å². The molecule has 0 unspecified atom stereocenters. The Morgan fingerprint density at radius 2 is 1.82 bits per heavy atom. The zero-order valence-electron chi connectivity index (χ0n) is 14.9. The maximum Gasteiger partial charge on any atom is 0.446 e. The number of nitrogens with one attached hydrogen (secondary N) is 2. The van der Waals surface area contributed by atoms with Crippen LogP contribution in [-0.2, 0) is 10.0 Å². The van der Waals surface area contributed by atoms with Gasteiger partial charge in [-0.2, -0.15) is 13.2 Å². The van der Waals surface area contributed by atoms with E-state index in [4.69, 9.17) is 0 Å². The van der Waals surface area contributed by atoms with Gasteiger partial charge in [-0.3, -0.25) is 4.79 Å². The molecular formula is C18H19F3N2O3S2. The number of hydrogen-bond donors (Lipinski definition) is 2. The van der Waals surface area contributed by atoms with Crippen LogP contribution in [0.5, 0.6) is 0 Å². The Labute approximate surface area is 165 Å². The molecule has 0 heterocycles. The highest BCUT2D eigenvalue weighted by molar-refractivity contribution is 8.00. The second-order valence-electron chi connectivity index (χ2n) is 5.78. The van der Waals surface area contributed by atoms with Crippen LogP contribution in [0.4, 0.5) is 18.9 Å². The van der Waals surface area contributed by atoms with E-state index in [2.05, 4.69) is 10.0 Å². The number of benzene rings is 2. The fraction of sp³-hybridized carbons (Fsp3) is 0.278. The predicted molar refractivity (Wildman–Crippen MR) is 103 cm³/mol. The van der Waals surface area contributed by atoms with Crippen LogP contribution in [0, 0.1) is 0 Å². The minimum atomic E-state index is -4.53. The molecule has 0 radical (unpaired) electrons. The molecule has 0 aliphatic heterocycles. The van der Waals surface area contributed by atoms with Crippen LogP contribution in [0.3, 0.4) is 0 Å². The molecule has 0 saturated heterocycles. The van der Waals surface area contributed by atoms with Crippen molar-refractivity contribution in [1.29, 1.82) is 0 Å². The summed E-state index contributed by atoms with van der Waals surface area (Å²) < 4.78 is 65.0. The third kappa shape index (κ3) is 6.54. The molecule has 0 spiro atoms. The van der Waals surface area contributed by atoms with Crippen molar-refractivity contribution in [3.05, 3.63) is 54.1 Å². The normalized spacial score (nSPS) is 12.0. The van der Waals surface area contributed by atoms with Crippen molar-refractivity contribution in [2.75, 3.05) is 11.9 Å². The van der Waals surface area contributed by atoms with Crippen molar-refractivity contribution in [2.24, 2.45) is 0 Å². The van der Waals surface area contributed by atoms with E-state index in [0.29, 0.717) is 6.42 Å². The Kier molecular flexibility index (Phi) is 7.50. The van der Waals surface area contributed by atoms with Gasteiger partial charge in [0.1, 0.15) is 0 Å². The number of rotatable bonds is 8. The molecule has 2 aromatic carbocycles. The summed E-state index contributed by atoms with van der Waals surface area (Å²) in [4.78, 5) is 12.2. The maximum atomic E-state index is 12.7. The van der Waals surface area contributed by atoms with Crippen LogP contribution in [0.2, 0.25) is 0 Å². The summed E-state index contributed by atoms with van der Waals surface area (Å²) in [7, 11) is -3.74. The number of sulfonamides is 1.